The third kappa shape index (κ3) is 11.7. The molecule has 0 spiro atoms. The molecule has 26 N–H and O–H groups in total. The summed E-state index contributed by atoms with van der Waals surface area (Å²) < 4.78 is 0. The van der Waals surface area contributed by atoms with Gasteiger partial charge in [0.15, 0.2) is 0 Å². The van der Waals surface area contributed by atoms with E-state index in [2.05, 4.69) is 56.5 Å². The summed E-state index contributed by atoms with van der Waals surface area (Å²) in [6.45, 7) is 0.123. The maximum atomic E-state index is 11.7. The number of nitrogens with zero attached hydrogens (tertiary/aromatic N) is 2. The lowest BCUT2D eigenvalue weighted by Gasteiger charge is -2.14. The standard InChI is InChI=1S/C11H15N5O4.C11H14N4O4.3C5H11NO3/c12-11-15-5-3(1-13-7(5)10(20)16-11)6-9(19)8(18)4(2-17)14-6;16-2-5-9(17)10(18)7(15-5)4-1-12-8-6(4)13-3-14-11(8)19;3*7-2-3-5(9)4(8)1-6-3/h1,4,6,8-9,13-14,17-19H,2H2,(H3,12,15,16,20);1,3,5,7,9-10,12,15-18H,2H2,(H,13,14,19);3*3-9H,1-2H2/t4-,6+,8-,9+;5-,7+,9-,10+;3-,4+,5-;2*3-,4-,5-/m11110/s1. The van der Waals surface area contributed by atoms with Gasteiger partial charge >= 0.3 is 0 Å². The minimum Gasteiger partial charge on any atom is -0.395 e. The molecule has 0 aromatic carbocycles. The fourth-order valence-corrected chi connectivity index (χ4v) is 7.95. The summed E-state index contributed by atoms with van der Waals surface area (Å²) in [7, 11) is 0. The molecule has 4 aromatic rings. The molecule has 0 radical (unpaired) electrons. The van der Waals surface area contributed by atoms with E-state index < -0.39 is 90.8 Å². The maximum Gasteiger partial charge on any atom is 0.276 e. The zero-order valence-electron chi connectivity index (χ0n) is 35.2. The van der Waals surface area contributed by atoms with E-state index in [1.54, 1.807) is 6.20 Å². The average Bonchev–Trinajstić information content (AvgIpc) is 4.19. The smallest absolute Gasteiger partial charge is 0.276 e. The number of nitrogens with two attached hydrogens (primary N) is 1. The number of fused-ring (bicyclic) bond motifs is 2. The Morgan fingerprint density at radius 3 is 1.21 bits per heavy atom. The molecule has 5 aliphatic rings. The second-order valence-electron chi connectivity index (χ2n) is 16.2. The topological polar surface area (TPSA) is 513 Å². The van der Waals surface area contributed by atoms with Crippen LogP contribution in [0.25, 0.3) is 22.1 Å². The number of hydrogen-bond donors (Lipinski definition) is 25. The van der Waals surface area contributed by atoms with Crippen LogP contribution in [0, 0.1) is 0 Å². The Bertz CT molecular complexity index is 2180. The highest BCUT2D eigenvalue weighted by Gasteiger charge is 2.44. The van der Waals surface area contributed by atoms with E-state index in [1.165, 1.54) is 12.5 Å². The first-order chi connectivity index (χ1) is 31.4. The Hall–Kier alpha value is -4.16. The van der Waals surface area contributed by atoms with Crippen LogP contribution >= 0.6 is 0 Å². The van der Waals surface area contributed by atoms with Crippen LogP contribution in [0.2, 0.25) is 0 Å². The van der Waals surface area contributed by atoms with Crippen molar-refractivity contribution in [3.8, 4) is 0 Å². The number of aliphatic hydroxyl groups excluding tert-OH is 15. The van der Waals surface area contributed by atoms with Crippen LogP contribution in [0.15, 0.2) is 28.3 Å². The maximum absolute atomic E-state index is 11.7. The largest absolute Gasteiger partial charge is 0.395 e. The number of aromatic amines is 4. The lowest BCUT2D eigenvalue weighted by atomic mass is 10.0. The van der Waals surface area contributed by atoms with Crippen molar-refractivity contribution in [3.05, 3.63) is 50.6 Å². The van der Waals surface area contributed by atoms with Gasteiger partial charge in [-0.2, -0.15) is 0 Å². The van der Waals surface area contributed by atoms with Gasteiger partial charge in [0.1, 0.15) is 34.3 Å². The number of aliphatic hydroxyl groups is 15. The zero-order chi connectivity index (χ0) is 48.6. The SMILES string of the molecule is Nc1nc2c([C@@H]3N[C@H](CO)[C@@H](O)[C@H]3O)c[nH]c2c(=O)[nH]1.O=c1[nH]cnc2c([C@@H]3N[C@H](CO)[C@@H](O)[C@H]3O)c[nH]c12.OC[C@@H]1NC[C@H](O)[C@H]1O.OC[C@H]1NC[C@@H](O)[C@@H]1O.OC[C@H]1NC[C@H](O)[C@@H]1O. The summed E-state index contributed by atoms with van der Waals surface area (Å²) in [5.41, 5.74) is 7.22. The molecule has 0 amide bonds. The molecule has 17 atom stereocenters. The third-order valence-electron chi connectivity index (χ3n) is 11.9. The number of β-amino-alcohol motifs (C(OH)–C–C–N with tert-alkyl or cyclic N) is 3. The van der Waals surface area contributed by atoms with E-state index in [0.717, 1.165) is 0 Å². The Kier molecular flexibility index (Phi) is 19.0. The van der Waals surface area contributed by atoms with E-state index in [0.29, 0.717) is 47.3 Å². The molecule has 66 heavy (non-hydrogen) atoms. The van der Waals surface area contributed by atoms with Crippen LogP contribution in [0.3, 0.4) is 0 Å². The Morgan fingerprint density at radius 2 is 0.879 bits per heavy atom. The van der Waals surface area contributed by atoms with Crippen LogP contribution in [-0.4, -0.2) is 250 Å². The predicted octanol–water partition coefficient (Wildman–Crippen LogP) is -11.4. The lowest BCUT2D eigenvalue weighted by molar-refractivity contribution is 0.0195. The highest BCUT2D eigenvalue weighted by atomic mass is 16.4. The molecule has 0 saturated carbocycles. The molecule has 4 aromatic heterocycles. The van der Waals surface area contributed by atoms with Gasteiger partial charge in [-0.1, -0.05) is 0 Å². The van der Waals surface area contributed by atoms with E-state index >= 15 is 0 Å². The Balaban J connectivity index is 0.000000163. The molecular formula is C37H62N12O17. The van der Waals surface area contributed by atoms with Crippen LogP contribution in [-0.2, 0) is 0 Å². The highest BCUT2D eigenvalue weighted by Crippen LogP contribution is 2.32. The van der Waals surface area contributed by atoms with Crippen molar-refractivity contribution in [1.29, 1.82) is 0 Å². The molecule has 0 bridgehead atoms. The van der Waals surface area contributed by atoms with Gasteiger partial charge in [-0.05, 0) is 0 Å². The summed E-state index contributed by atoms with van der Waals surface area (Å²) in [6.07, 6.45) is -4.57. The molecule has 372 valence electrons. The predicted molar refractivity (Wildman–Crippen MR) is 228 cm³/mol. The first-order valence-electron chi connectivity index (χ1n) is 20.9. The fraction of sp³-hybridized carbons (Fsp3) is 0.676. The molecule has 5 fully saturated rings. The van der Waals surface area contributed by atoms with Gasteiger partial charge in [0, 0.05) is 43.2 Å². The van der Waals surface area contributed by atoms with E-state index in [1.807, 2.05) is 0 Å². The monoisotopic (exact) mass is 946 g/mol. The molecule has 5 saturated heterocycles. The lowest BCUT2D eigenvalue weighted by Crippen LogP contribution is -2.35. The summed E-state index contributed by atoms with van der Waals surface area (Å²) in [6, 6.07) is -3.52. The Labute approximate surface area is 373 Å². The normalized spacial score (nSPS) is 36.0. The number of aromatic nitrogens is 6. The number of nitrogen functional groups attached to an aromatic ring is 1. The van der Waals surface area contributed by atoms with Crippen LogP contribution in [0.5, 0.6) is 0 Å². The molecule has 29 heteroatoms. The van der Waals surface area contributed by atoms with Crippen molar-refractivity contribution < 1.29 is 76.6 Å². The van der Waals surface area contributed by atoms with Crippen molar-refractivity contribution >= 4 is 28.0 Å². The molecule has 0 unspecified atom stereocenters. The van der Waals surface area contributed by atoms with Gasteiger partial charge in [-0.3, -0.25) is 14.6 Å². The van der Waals surface area contributed by atoms with Crippen LogP contribution in [0.1, 0.15) is 23.2 Å². The Morgan fingerprint density at radius 1 is 0.500 bits per heavy atom. The van der Waals surface area contributed by atoms with Gasteiger partial charge in [-0.15, -0.1) is 0 Å². The van der Waals surface area contributed by atoms with Crippen molar-refractivity contribution in [2.75, 3.05) is 58.4 Å². The third-order valence-corrected chi connectivity index (χ3v) is 11.9. The minimum atomic E-state index is -1.12. The summed E-state index contributed by atoms with van der Waals surface area (Å²) >= 11 is 0. The van der Waals surface area contributed by atoms with E-state index in [9.17, 15) is 30.0 Å². The van der Waals surface area contributed by atoms with Gasteiger partial charge in [-0.25, -0.2) is 9.97 Å². The fourth-order valence-electron chi connectivity index (χ4n) is 7.95. The number of anilines is 1. The summed E-state index contributed by atoms with van der Waals surface area (Å²) in [4.78, 5) is 41.8. The van der Waals surface area contributed by atoms with Gasteiger partial charge < -0.3 is 124 Å². The second kappa shape index (κ2) is 23.7. The summed E-state index contributed by atoms with van der Waals surface area (Å²) in [5.74, 6) is -0.0323. The minimum absolute atomic E-state index is 0.0323. The molecule has 29 nitrogen and oxygen atoms in total. The van der Waals surface area contributed by atoms with Crippen molar-refractivity contribution in [1.82, 2.24) is 56.5 Å². The van der Waals surface area contributed by atoms with Gasteiger partial charge in [0.25, 0.3) is 11.1 Å². The highest BCUT2D eigenvalue weighted by molar-refractivity contribution is 5.80. The van der Waals surface area contributed by atoms with E-state index in [-0.39, 0.29) is 68.2 Å². The number of rotatable bonds is 7. The van der Waals surface area contributed by atoms with Crippen LogP contribution in [0.4, 0.5) is 5.95 Å². The number of H-pyrrole nitrogens is 4. The molecular weight excluding hydrogens is 884 g/mol. The van der Waals surface area contributed by atoms with Crippen molar-refractivity contribution in [2.24, 2.45) is 0 Å². The molecule has 0 aliphatic carbocycles. The molecule has 9 heterocycles. The number of nitrogens with one attached hydrogen (secondary N) is 9. The second-order valence-corrected chi connectivity index (χ2v) is 16.2. The van der Waals surface area contributed by atoms with Crippen molar-refractivity contribution in [2.45, 2.75) is 103 Å². The summed E-state index contributed by atoms with van der Waals surface area (Å²) in [5, 5.41) is 151. The molecule has 9 rings (SSSR count). The molecule has 5 aliphatic heterocycles. The zero-order valence-corrected chi connectivity index (χ0v) is 35.2. The van der Waals surface area contributed by atoms with Crippen molar-refractivity contribution in [3.63, 3.8) is 0 Å². The van der Waals surface area contributed by atoms with E-state index in [4.69, 9.17) is 61.9 Å². The average molecular weight is 947 g/mol. The number of hydrogen-bond acceptors (Lipinski definition) is 25. The first kappa shape index (κ1) is 52.8. The first-order valence-corrected chi connectivity index (χ1v) is 20.9. The van der Waals surface area contributed by atoms with Crippen LogP contribution < -0.4 is 43.4 Å². The van der Waals surface area contributed by atoms with Gasteiger partial charge in [0.2, 0.25) is 5.95 Å². The quantitative estimate of drug-likeness (QED) is 0.0818. The van der Waals surface area contributed by atoms with Gasteiger partial charge in [0.05, 0.1) is 130 Å².